The summed E-state index contributed by atoms with van der Waals surface area (Å²) in [6, 6.07) is 25.6. The summed E-state index contributed by atoms with van der Waals surface area (Å²) in [6.07, 6.45) is 4.55. The molecule has 5 rings (SSSR count). The highest BCUT2D eigenvalue weighted by Gasteiger charge is 2.16. The topological polar surface area (TPSA) is 65.1 Å². The zero-order valence-corrected chi connectivity index (χ0v) is 23.2. The Kier molecular flexibility index (Phi) is 8.77. The Balaban J connectivity index is 1.44. The second-order valence-corrected chi connectivity index (χ2v) is 10.2. The van der Waals surface area contributed by atoms with E-state index in [9.17, 15) is 9.59 Å². The molecule has 0 unspecified atom stereocenters. The van der Waals surface area contributed by atoms with E-state index < -0.39 is 0 Å². The highest BCUT2D eigenvalue weighted by molar-refractivity contribution is 5.94. The number of ether oxygens (including phenoxy) is 3. The number of benzene rings is 4. The molecule has 6 nitrogen and oxygen atoms in total. The minimum atomic E-state index is -0.364. The van der Waals surface area contributed by atoms with Crippen molar-refractivity contribution in [2.24, 2.45) is 0 Å². The van der Waals surface area contributed by atoms with E-state index in [0.717, 1.165) is 45.3 Å². The third-order valence-electron chi connectivity index (χ3n) is 7.22. The van der Waals surface area contributed by atoms with Gasteiger partial charge in [0.25, 0.3) is 0 Å². The summed E-state index contributed by atoms with van der Waals surface area (Å²) in [5.41, 5.74) is 4.04. The van der Waals surface area contributed by atoms with Crippen LogP contribution in [0.1, 0.15) is 44.2 Å². The van der Waals surface area contributed by atoms with Crippen LogP contribution in [0.15, 0.2) is 78.9 Å². The van der Waals surface area contributed by atoms with Crippen LogP contribution < -0.4 is 14.2 Å². The summed E-state index contributed by atoms with van der Waals surface area (Å²) in [5, 5.41) is 1.99. The monoisotopic (exact) mass is 537 g/mol. The van der Waals surface area contributed by atoms with E-state index in [1.54, 1.807) is 0 Å². The van der Waals surface area contributed by atoms with Gasteiger partial charge in [-0.3, -0.25) is 14.5 Å². The van der Waals surface area contributed by atoms with Crippen LogP contribution in [0.4, 0.5) is 0 Å². The van der Waals surface area contributed by atoms with Crippen LogP contribution in [0.25, 0.3) is 21.9 Å². The van der Waals surface area contributed by atoms with Crippen molar-refractivity contribution in [2.45, 2.75) is 39.5 Å². The number of nitrogens with zero attached hydrogens (tertiary/aromatic N) is 1. The molecule has 0 atom stereocenters. The normalized spacial score (nSPS) is 13.7. The predicted molar refractivity (Wildman–Crippen MR) is 157 cm³/mol. The lowest BCUT2D eigenvalue weighted by Gasteiger charge is -2.26. The molecular weight excluding hydrogens is 502 g/mol. The molecule has 0 spiro atoms. The second-order valence-electron chi connectivity index (χ2n) is 10.2. The number of rotatable bonds is 9. The zero-order chi connectivity index (χ0) is 27.9. The van der Waals surface area contributed by atoms with Gasteiger partial charge in [0.1, 0.15) is 23.9 Å². The number of piperidine rings is 1. The van der Waals surface area contributed by atoms with Crippen LogP contribution in [0.3, 0.4) is 0 Å². The quantitative estimate of drug-likeness (QED) is 0.173. The van der Waals surface area contributed by atoms with Gasteiger partial charge < -0.3 is 14.2 Å². The molecule has 0 aliphatic carbocycles. The van der Waals surface area contributed by atoms with E-state index in [0.29, 0.717) is 24.5 Å². The number of hydrogen-bond acceptors (Lipinski definition) is 6. The molecule has 0 N–H and O–H groups in total. The van der Waals surface area contributed by atoms with Crippen LogP contribution in [0, 0.1) is 0 Å². The molecular formula is C34H35NO5. The van der Waals surface area contributed by atoms with Crippen LogP contribution >= 0.6 is 0 Å². The van der Waals surface area contributed by atoms with E-state index in [1.165, 1.54) is 46.2 Å². The minimum absolute atomic E-state index is 0.357. The third kappa shape index (κ3) is 6.88. The number of esters is 2. The molecule has 0 saturated carbocycles. The summed E-state index contributed by atoms with van der Waals surface area (Å²) in [5.74, 6) is 1.17. The van der Waals surface area contributed by atoms with Gasteiger partial charge in [-0.15, -0.1) is 0 Å². The summed E-state index contributed by atoms with van der Waals surface area (Å²) in [6.45, 7) is 6.77. The molecule has 4 aromatic carbocycles. The summed E-state index contributed by atoms with van der Waals surface area (Å²) < 4.78 is 16.9. The van der Waals surface area contributed by atoms with Gasteiger partial charge >= 0.3 is 11.9 Å². The molecule has 1 aliphatic heterocycles. The van der Waals surface area contributed by atoms with Crippen molar-refractivity contribution in [1.82, 2.24) is 4.90 Å². The Morgan fingerprint density at radius 3 is 2.23 bits per heavy atom. The molecule has 0 aromatic heterocycles. The lowest BCUT2D eigenvalue weighted by Crippen LogP contribution is -2.33. The molecule has 0 amide bonds. The Morgan fingerprint density at radius 2 is 1.48 bits per heavy atom. The van der Waals surface area contributed by atoms with Crippen LogP contribution in [-0.2, 0) is 16.0 Å². The second kappa shape index (κ2) is 12.8. The molecule has 4 aromatic rings. The molecule has 1 heterocycles. The Labute approximate surface area is 235 Å². The third-order valence-corrected chi connectivity index (χ3v) is 7.22. The molecule has 1 fully saturated rings. The fourth-order valence-electron chi connectivity index (χ4n) is 5.36. The van der Waals surface area contributed by atoms with Crippen molar-refractivity contribution in [3.8, 4) is 28.4 Å². The van der Waals surface area contributed by atoms with Crippen molar-refractivity contribution in [3.05, 3.63) is 90.0 Å². The van der Waals surface area contributed by atoms with Gasteiger partial charge in [0.05, 0.1) is 0 Å². The minimum Gasteiger partial charge on any atom is -0.492 e. The lowest BCUT2D eigenvalue weighted by molar-refractivity contribution is -0.132. The average Bonchev–Trinajstić information content (AvgIpc) is 2.94. The Hall–Kier alpha value is -4.16. The SMILES string of the molecule is CC(=O)Oc1ccc2c(Cc3ccc(OCCN4CCCCC4)cc3)c(-c3ccccc3OC(C)=O)ccc2c1. The van der Waals surface area contributed by atoms with Crippen molar-refractivity contribution >= 4 is 22.7 Å². The van der Waals surface area contributed by atoms with E-state index in [-0.39, 0.29) is 11.9 Å². The highest BCUT2D eigenvalue weighted by atomic mass is 16.5. The molecule has 0 bridgehead atoms. The largest absolute Gasteiger partial charge is 0.492 e. The van der Waals surface area contributed by atoms with Crippen molar-refractivity contribution in [2.75, 3.05) is 26.2 Å². The average molecular weight is 538 g/mol. The first kappa shape index (κ1) is 27.4. The van der Waals surface area contributed by atoms with Crippen LogP contribution in [0.5, 0.6) is 17.2 Å². The van der Waals surface area contributed by atoms with Gasteiger partial charge in [-0.2, -0.15) is 0 Å². The maximum Gasteiger partial charge on any atom is 0.308 e. The number of carbonyl (C=O) groups excluding carboxylic acids is 2. The molecule has 6 heteroatoms. The van der Waals surface area contributed by atoms with Crippen LogP contribution in [0.2, 0.25) is 0 Å². The molecule has 40 heavy (non-hydrogen) atoms. The molecule has 206 valence electrons. The molecule has 1 saturated heterocycles. The smallest absolute Gasteiger partial charge is 0.308 e. The van der Waals surface area contributed by atoms with Crippen LogP contribution in [-0.4, -0.2) is 43.1 Å². The highest BCUT2D eigenvalue weighted by Crippen LogP contribution is 2.38. The number of para-hydroxylation sites is 1. The summed E-state index contributed by atoms with van der Waals surface area (Å²) in [7, 11) is 0. The van der Waals surface area contributed by atoms with Gasteiger partial charge in [0, 0.05) is 26.0 Å². The first-order chi connectivity index (χ1) is 19.5. The Morgan fingerprint density at radius 1 is 0.750 bits per heavy atom. The summed E-state index contributed by atoms with van der Waals surface area (Å²) >= 11 is 0. The maximum absolute atomic E-state index is 11.8. The lowest BCUT2D eigenvalue weighted by atomic mass is 9.89. The first-order valence-corrected chi connectivity index (χ1v) is 13.9. The van der Waals surface area contributed by atoms with E-state index in [1.807, 2.05) is 66.7 Å². The van der Waals surface area contributed by atoms with Crippen molar-refractivity contribution < 1.29 is 23.8 Å². The predicted octanol–water partition coefficient (Wildman–Crippen LogP) is 6.81. The zero-order valence-electron chi connectivity index (χ0n) is 23.2. The molecule has 1 aliphatic rings. The van der Waals surface area contributed by atoms with E-state index >= 15 is 0 Å². The van der Waals surface area contributed by atoms with Gasteiger partial charge in [-0.05, 0) is 90.1 Å². The van der Waals surface area contributed by atoms with E-state index in [2.05, 4.69) is 17.0 Å². The fourth-order valence-corrected chi connectivity index (χ4v) is 5.36. The number of likely N-dealkylation sites (tertiary alicyclic amines) is 1. The van der Waals surface area contributed by atoms with Gasteiger partial charge in [-0.25, -0.2) is 0 Å². The van der Waals surface area contributed by atoms with E-state index in [4.69, 9.17) is 14.2 Å². The number of fused-ring (bicyclic) bond motifs is 1. The standard InChI is InChI=1S/C34H35NO5/c1-24(36)39-29-15-17-30-27(23-29)12-16-31(32-8-4-5-9-34(32)40-25(2)37)33(30)22-26-10-13-28(14-11-26)38-21-20-35-18-6-3-7-19-35/h4-5,8-17,23H,3,6-7,18-22H2,1-2H3. The summed E-state index contributed by atoms with van der Waals surface area (Å²) in [4.78, 5) is 25.8. The van der Waals surface area contributed by atoms with Gasteiger partial charge in [-0.1, -0.05) is 55.0 Å². The van der Waals surface area contributed by atoms with Gasteiger partial charge in [0.2, 0.25) is 0 Å². The maximum atomic E-state index is 11.8. The fraction of sp³-hybridized carbons (Fsp3) is 0.294. The van der Waals surface area contributed by atoms with Crippen molar-refractivity contribution in [3.63, 3.8) is 0 Å². The molecule has 0 radical (unpaired) electrons. The van der Waals surface area contributed by atoms with Gasteiger partial charge in [0.15, 0.2) is 0 Å². The number of carbonyl (C=O) groups is 2. The Bertz CT molecular complexity index is 1490. The first-order valence-electron chi connectivity index (χ1n) is 13.9. The van der Waals surface area contributed by atoms with Crippen molar-refractivity contribution in [1.29, 1.82) is 0 Å². The number of hydrogen-bond donors (Lipinski definition) is 0.